The molecule has 2 aliphatic rings. The van der Waals surface area contributed by atoms with Crippen molar-refractivity contribution in [2.24, 2.45) is 0 Å². The summed E-state index contributed by atoms with van der Waals surface area (Å²) >= 11 is 0. The number of fused-ring (bicyclic) bond motifs is 6. The van der Waals surface area contributed by atoms with Gasteiger partial charge in [0, 0.05) is 18.1 Å². The Labute approximate surface area is 392 Å². The predicted octanol–water partition coefficient (Wildman–Crippen LogP) is 13.9. The third-order valence-corrected chi connectivity index (χ3v) is 14.3. The summed E-state index contributed by atoms with van der Waals surface area (Å²) in [5.74, 6) is 0. The molecule has 10 aromatic carbocycles. The molecule has 0 saturated carbocycles. The summed E-state index contributed by atoms with van der Waals surface area (Å²) in [6.45, 7) is -0.107. The molecule has 0 radical (unpaired) electrons. The number of para-hydroxylation sites is 2. The molecule has 0 aliphatic carbocycles. The lowest BCUT2D eigenvalue weighted by molar-refractivity contribution is 0.731. The van der Waals surface area contributed by atoms with Crippen molar-refractivity contribution in [3.8, 4) is 44.5 Å². The minimum Gasteiger partial charge on any atom is -0.310 e. The zero-order valence-electron chi connectivity index (χ0n) is 36.8. The highest BCUT2D eigenvalue weighted by Gasteiger charge is 2.47. The number of nitrogens with zero attached hydrogens (tertiary/aromatic N) is 2. The third-order valence-electron chi connectivity index (χ3n) is 14.3. The number of hydrogen-bond donors (Lipinski definition) is 0. The molecular formula is C64H43BN2. The van der Waals surface area contributed by atoms with Gasteiger partial charge >= 0.3 is 0 Å². The minimum atomic E-state index is -0.572. The molecule has 0 fully saturated rings. The van der Waals surface area contributed by atoms with Crippen LogP contribution in [-0.2, 0) is 5.41 Å². The van der Waals surface area contributed by atoms with Crippen LogP contribution in [0.2, 0.25) is 0 Å². The van der Waals surface area contributed by atoms with E-state index in [-0.39, 0.29) is 6.71 Å². The molecule has 0 N–H and O–H groups in total. The Morgan fingerprint density at radius 2 is 0.925 bits per heavy atom. The molecule has 0 atom stereocenters. The topological polar surface area (TPSA) is 16.1 Å². The van der Waals surface area contributed by atoms with Gasteiger partial charge in [-0.25, -0.2) is 0 Å². The number of benzene rings is 10. The van der Waals surface area contributed by atoms with Crippen LogP contribution in [0.15, 0.2) is 261 Å². The van der Waals surface area contributed by atoms with Crippen molar-refractivity contribution in [1.29, 1.82) is 0 Å². The standard InChI is InChI=1S/C64H43BN2/c1-5-20-45(21-6-1)54-30-19-31-55-56-42-47-24-13-14-29-53(47)61(46-22-7-2-8-23-46)63(56)65(62(54)55)51-40-48(44-36-38-66-39-37-44)41-52(43-51)67-59-34-17-15-32-57(59)64(49-25-9-3-10-26-49,50-27-11-4-12-28-50)58-33-16-18-35-60(58)67/h1-43H. The van der Waals surface area contributed by atoms with E-state index in [2.05, 4.69) is 259 Å². The third kappa shape index (κ3) is 6.09. The molecule has 0 unspecified atom stereocenters. The molecule has 312 valence electrons. The average molecular weight is 851 g/mol. The van der Waals surface area contributed by atoms with E-state index in [0.29, 0.717) is 0 Å². The maximum absolute atomic E-state index is 4.48. The van der Waals surface area contributed by atoms with Gasteiger partial charge in [0.05, 0.1) is 16.8 Å². The van der Waals surface area contributed by atoms with Crippen LogP contribution >= 0.6 is 0 Å². The molecule has 2 nitrogen and oxygen atoms in total. The van der Waals surface area contributed by atoms with Crippen LogP contribution in [-0.4, -0.2) is 11.7 Å². The van der Waals surface area contributed by atoms with E-state index in [4.69, 9.17) is 0 Å². The Morgan fingerprint density at radius 3 is 1.58 bits per heavy atom. The van der Waals surface area contributed by atoms with Gasteiger partial charge in [0.15, 0.2) is 0 Å². The molecule has 0 spiro atoms. The lowest BCUT2D eigenvalue weighted by atomic mass is 9.37. The lowest BCUT2D eigenvalue weighted by Crippen LogP contribution is -2.50. The van der Waals surface area contributed by atoms with Crippen molar-refractivity contribution in [3.63, 3.8) is 0 Å². The van der Waals surface area contributed by atoms with Crippen molar-refractivity contribution in [2.45, 2.75) is 5.41 Å². The summed E-state index contributed by atoms with van der Waals surface area (Å²) in [4.78, 5) is 7.01. The van der Waals surface area contributed by atoms with Gasteiger partial charge < -0.3 is 4.90 Å². The van der Waals surface area contributed by atoms with Crippen molar-refractivity contribution in [2.75, 3.05) is 4.90 Å². The van der Waals surface area contributed by atoms with Crippen molar-refractivity contribution < 1.29 is 0 Å². The first kappa shape index (κ1) is 38.9. The Morgan fingerprint density at radius 1 is 0.373 bits per heavy atom. The van der Waals surface area contributed by atoms with Crippen molar-refractivity contribution >= 4 is 50.9 Å². The van der Waals surface area contributed by atoms with Crippen LogP contribution in [0.4, 0.5) is 17.1 Å². The fourth-order valence-corrected chi connectivity index (χ4v) is 11.6. The molecule has 67 heavy (non-hydrogen) atoms. The lowest BCUT2D eigenvalue weighted by Gasteiger charge is -2.46. The summed E-state index contributed by atoms with van der Waals surface area (Å²) in [5, 5.41) is 2.50. The van der Waals surface area contributed by atoms with E-state index in [0.717, 1.165) is 28.2 Å². The maximum Gasteiger partial charge on any atom is 0.244 e. The molecule has 0 amide bonds. The van der Waals surface area contributed by atoms with E-state index < -0.39 is 5.41 Å². The monoisotopic (exact) mass is 850 g/mol. The smallest absolute Gasteiger partial charge is 0.244 e. The van der Waals surface area contributed by atoms with Gasteiger partial charge in [-0.2, -0.15) is 0 Å². The molecule has 11 aromatic rings. The summed E-state index contributed by atoms with van der Waals surface area (Å²) in [5.41, 5.74) is 21.5. The molecule has 13 rings (SSSR count). The molecular weight excluding hydrogens is 808 g/mol. The van der Waals surface area contributed by atoms with Crippen LogP contribution in [0.3, 0.4) is 0 Å². The van der Waals surface area contributed by atoms with Crippen LogP contribution in [0.25, 0.3) is 55.3 Å². The first-order valence-electron chi connectivity index (χ1n) is 23.2. The van der Waals surface area contributed by atoms with E-state index in [9.17, 15) is 0 Å². The van der Waals surface area contributed by atoms with E-state index in [1.165, 1.54) is 82.8 Å². The second-order valence-corrected chi connectivity index (χ2v) is 17.8. The number of anilines is 3. The predicted molar refractivity (Wildman–Crippen MR) is 281 cm³/mol. The SMILES string of the molecule is c1ccc(-c2cccc3c2B(c2cc(-c4ccncc4)cc(N4c5ccccc5C(c5ccccc5)(c5ccccc5)c5ccccc54)c2)c2c-3cc3ccccc3c2-c2ccccc2)cc1. The quantitative estimate of drug-likeness (QED) is 0.149. The van der Waals surface area contributed by atoms with Gasteiger partial charge in [-0.15, -0.1) is 0 Å². The highest BCUT2D eigenvalue weighted by atomic mass is 15.2. The van der Waals surface area contributed by atoms with E-state index >= 15 is 0 Å². The molecule has 0 saturated heterocycles. The highest BCUT2D eigenvalue weighted by Crippen LogP contribution is 2.57. The Kier molecular flexibility index (Phi) is 9.21. The van der Waals surface area contributed by atoms with Gasteiger partial charge in [0.25, 0.3) is 0 Å². The molecule has 3 heteroatoms. The first-order valence-corrected chi connectivity index (χ1v) is 23.2. The summed E-state index contributed by atoms with van der Waals surface area (Å²) in [6.07, 6.45) is 3.82. The second kappa shape index (κ2) is 15.9. The fraction of sp³-hybridized carbons (Fsp3) is 0.0156. The van der Waals surface area contributed by atoms with Gasteiger partial charge in [0.2, 0.25) is 6.71 Å². The van der Waals surface area contributed by atoms with Crippen molar-refractivity contribution in [1.82, 2.24) is 4.98 Å². The molecule has 0 bridgehead atoms. The number of pyridine rings is 1. The van der Waals surface area contributed by atoms with Crippen LogP contribution < -0.4 is 21.3 Å². The Balaban J connectivity index is 1.14. The molecule has 3 heterocycles. The largest absolute Gasteiger partial charge is 0.310 e. The van der Waals surface area contributed by atoms with Gasteiger partial charge in [-0.3, -0.25) is 4.98 Å². The zero-order chi connectivity index (χ0) is 44.3. The summed E-state index contributed by atoms with van der Waals surface area (Å²) < 4.78 is 0. The van der Waals surface area contributed by atoms with Gasteiger partial charge in [-0.05, 0) is 120 Å². The maximum atomic E-state index is 4.48. The first-order chi connectivity index (χ1) is 33.3. The summed E-state index contributed by atoms with van der Waals surface area (Å²) in [7, 11) is 0. The molecule has 2 aliphatic heterocycles. The highest BCUT2D eigenvalue weighted by molar-refractivity contribution is 7.01. The second-order valence-electron chi connectivity index (χ2n) is 17.8. The Hall–Kier alpha value is -8.53. The summed E-state index contributed by atoms with van der Waals surface area (Å²) in [6, 6.07) is 92.2. The van der Waals surface area contributed by atoms with Gasteiger partial charge in [-0.1, -0.05) is 223 Å². The minimum absolute atomic E-state index is 0.107. The fourth-order valence-electron chi connectivity index (χ4n) is 11.6. The number of hydrogen-bond acceptors (Lipinski definition) is 2. The number of rotatable bonds is 7. The molecule has 1 aromatic heterocycles. The zero-order valence-corrected chi connectivity index (χ0v) is 36.8. The van der Waals surface area contributed by atoms with Crippen LogP contribution in [0.1, 0.15) is 22.3 Å². The van der Waals surface area contributed by atoms with E-state index in [1.807, 2.05) is 12.4 Å². The average Bonchev–Trinajstić information content (AvgIpc) is 3.74. The normalized spacial score (nSPS) is 13.1. The van der Waals surface area contributed by atoms with E-state index in [1.54, 1.807) is 0 Å². The van der Waals surface area contributed by atoms with Crippen LogP contribution in [0.5, 0.6) is 0 Å². The van der Waals surface area contributed by atoms with Crippen LogP contribution in [0, 0.1) is 0 Å². The van der Waals surface area contributed by atoms with Crippen molar-refractivity contribution in [3.05, 3.63) is 283 Å². The van der Waals surface area contributed by atoms with Gasteiger partial charge in [0.1, 0.15) is 0 Å². The number of aromatic nitrogens is 1. The Bertz CT molecular complexity index is 3540.